The fourth-order valence-electron chi connectivity index (χ4n) is 2.59. The van der Waals surface area contributed by atoms with Gasteiger partial charge >= 0.3 is 0 Å². The van der Waals surface area contributed by atoms with Gasteiger partial charge in [0.2, 0.25) is 0 Å². The van der Waals surface area contributed by atoms with Gasteiger partial charge in [-0.15, -0.1) is 0 Å². The zero-order valence-electron chi connectivity index (χ0n) is 10.3. The van der Waals surface area contributed by atoms with Gasteiger partial charge in [0.25, 0.3) is 0 Å². The minimum Gasteiger partial charge on any atom is -0.451 e. The first-order chi connectivity index (χ1) is 9.92. The minimum absolute atomic E-state index is 0.862. The molecule has 4 heteroatoms. The van der Waals surface area contributed by atoms with Crippen molar-refractivity contribution in [3.05, 3.63) is 48.5 Å². The second-order valence-electron chi connectivity index (χ2n) is 4.68. The molecule has 0 atom stereocenters. The summed E-state index contributed by atoms with van der Waals surface area (Å²) in [5.74, 6) is 1.72. The lowest BCUT2D eigenvalue weighted by molar-refractivity contribution is 0.558. The van der Waals surface area contributed by atoms with Gasteiger partial charge in [0.05, 0.1) is 9.79 Å². The Morgan fingerprint density at radius 1 is 0.600 bits per heavy atom. The number of rotatable bonds is 0. The average Bonchev–Trinajstić information content (AvgIpc) is 3.05. The Hall–Kier alpha value is -1.78. The summed E-state index contributed by atoms with van der Waals surface area (Å²) < 4.78 is 12.0. The maximum absolute atomic E-state index is 6.02. The molecule has 2 aromatic heterocycles. The SMILES string of the molecule is c1ccc2c3c(oc2c1)-c1oc2ccccc2c1SS3. The largest absolute Gasteiger partial charge is 0.451 e. The van der Waals surface area contributed by atoms with Crippen molar-refractivity contribution in [2.24, 2.45) is 0 Å². The molecule has 0 N–H and O–H groups in total. The lowest BCUT2D eigenvalue weighted by atomic mass is 10.2. The van der Waals surface area contributed by atoms with Crippen LogP contribution in [0, 0.1) is 0 Å². The molecule has 3 heterocycles. The highest BCUT2D eigenvalue weighted by Gasteiger charge is 2.29. The molecule has 0 saturated heterocycles. The minimum atomic E-state index is 0.862. The van der Waals surface area contributed by atoms with Crippen molar-refractivity contribution in [2.45, 2.75) is 9.79 Å². The molecule has 0 unspecified atom stereocenters. The summed E-state index contributed by atoms with van der Waals surface area (Å²) in [6.45, 7) is 0. The molecule has 0 bridgehead atoms. The summed E-state index contributed by atoms with van der Waals surface area (Å²) in [5, 5.41) is 2.32. The molecule has 96 valence electrons. The van der Waals surface area contributed by atoms with Crippen LogP contribution in [0.15, 0.2) is 67.2 Å². The number of para-hydroxylation sites is 2. The van der Waals surface area contributed by atoms with E-state index in [1.165, 1.54) is 0 Å². The van der Waals surface area contributed by atoms with Gasteiger partial charge in [0.15, 0.2) is 11.5 Å². The quantitative estimate of drug-likeness (QED) is 0.374. The second-order valence-corrected chi connectivity index (χ2v) is 6.83. The van der Waals surface area contributed by atoms with Crippen LogP contribution >= 0.6 is 21.6 Å². The Kier molecular flexibility index (Phi) is 2.12. The summed E-state index contributed by atoms with van der Waals surface area (Å²) in [5.41, 5.74) is 1.83. The number of hydrogen-bond acceptors (Lipinski definition) is 4. The summed E-state index contributed by atoms with van der Waals surface area (Å²) in [6.07, 6.45) is 0. The van der Waals surface area contributed by atoms with E-state index in [4.69, 9.17) is 8.83 Å². The van der Waals surface area contributed by atoms with E-state index in [1.54, 1.807) is 21.6 Å². The maximum Gasteiger partial charge on any atom is 0.186 e. The molecule has 0 aliphatic carbocycles. The zero-order valence-corrected chi connectivity index (χ0v) is 11.9. The molecule has 1 aliphatic rings. The summed E-state index contributed by atoms with van der Waals surface area (Å²) >= 11 is 0. The molecule has 2 aromatic carbocycles. The van der Waals surface area contributed by atoms with Crippen LogP contribution in [0.4, 0.5) is 0 Å². The van der Waals surface area contributed by atoms with Crippen LogP contribution < -0.4 is 0 Å². The van der Waals surface area contributed by atoms with Crippen LogP contribution in [-0.4, -0.2) is 0 Å². The van der Waals surface area contributed by atoms with E-state index in [0.717, 1.165) is 43.2 Å². The van der Waals surface area contributed by atoms with Gasteiger partial charge < -0.3 is 8.83 Å². The van der Waals surface area contributed by atoms with Crippen molar-refractivity contribution >= 4 is 43.5 Å². The molecule has 4 aromatic rings. The van der Waals surface area contributed by atoms with Crippen LogP contribution in [0.5, 0.6) is 0 Å². The lowest BCUT2D eigenvalue weighted by Crippen LogP contribution is -1.80. The van der Waals surface area contributed by atoms with Crippen LogP contribution in [0.3, 0.4) is 0 Å². The molecule has 2 nitrogen and oxygen atoms in total. The van der Waals surface area contributed by atoms with Crippen molar-refractivity contribution in [3.8, 4) is 11.5 Å². The number of furan rings is 2. The Bertz CT molecular complexity index is 885. The highest BCUT2D eigenvalue weighted by Crippen LogP contribution is 2.57. The summed E-state index contributed by atoms with van der Waals surface area (Å²) in [6, 6.07) is 16.3. The van der Waals surface area contributed by atoms with Crippen molar-refractivity contribution < 1.29 is 8.83 Å². The molecule has 1 aliphatic heterocycles. The maximum atomic E-state index is 6.02. The molecule has 20 heavy (non-hydrogen) atoms. The smallest absolute Gasteiger partial charge is 0.186 e. The zero-order chi connectivity index (χ0) is 13.1. The highest BCUT2D eigenvalue weighted by atomic mass is 33.1. The molecule has 0 saturated carbocycles. The van der Waals surface area contributed by atoms with Crippen molar-refractivity contribution in [2.75, 3.05) is 0 Å². The normalized spacial score (nSPS) is 13.6. The molecular weight excluding hydrogens is 288 g/mol. The van der Waals surface area contributed by atoms with E-state index < -0.39 is 0 Å². The Morgan fingerprint density at radius 3 is 1.55 bits per heavy atom. The fourth-order valence-corrected chi connectivity index (χ4v) is 5.19. The van der Waals surface area contributed by atoms with Gasteiger partial charge in [0.1, 0.15) is 11.2 Å². The van der Waals surface area contributed by atoms with Gasteiger partial charge in [-0.1, -0.05) is 24.3 Å². The van der Waals surface area contributed by atoms with Crippen molar-refractivity contribution in [1.29, 1.82) is 0 Å². The molecule has 0 radical (unpaired) electrons. The first-order valence-corrected chi connectivity index (χ1v) is 8.45. The van der Waals surface area contributed by atoms with Crippen molar-refractivity contribution in [1.82, 2.24) is 0 Å². The standard InChI is InChI=1S/C16H8O2S2/c1-3-7-11-9(5-1)15-13(17-11)14-16(20-19-15)10-6-2-4-8-12(10)18-14/h1-8H. The molecule has 0 spiro atoms. The number of hydrogen-bond donors (Lipinski definition) is 0. The second kappa shape index (κ2) is 3.87. The molecule has 5 rings (SSSR count). The molecular formula is C16H8O2S2. The van der Waals surface area contributed by atoms with Gasteiger partial charge in [-0.25, -0.2) is 0 Å². The summed E-state index contributed by atoms with van der Waals surface area (Å²) in [7, 11) is 3.50. The van der Waals surface area contributed by atoms with E-state index in [9.17, 15) is 0 Å². The van der Waals surface area contributed by atoms with E-state index in [1.807, 2.05) is 36.4 Å². The van der Waals surface area contributed by atoms with Crippen LogP contribution in [0.25, 0.3) is 33.5 Å². The Morgan fingerprint density at radius 2 is 1.05 bits per heavy atom. The Balaban J connectivity index is 1.91. The van der Waals surface area contributed by atoms with Gasteiger partial charge in [-0.2, -0.15) is 0 Å². The van der Waals surface area contributed by atoms with E-state index in [2.05, 4.69) is 12.1 Å². The fraction of sp³-hybridized carbons (Fsp3) is 0. The van der Waals surface area contributed by atoms with Crippen LogP contribution in [0.2, 0.25) is 0 Å². The topological polar surface area (TPSA) is 26.3 Å². The summed E-state index contributed by atoms with van der Waals surface area (Å²) in [4.78, 5) is 2.33. The predicted molar refractivity (Wildman–Crippen MR) is 83.1 cm³/mol. The van der Waals surface area contributed by atoms with Gasteiger partial charge in [0, 0.05) is 10.8 Å². The third-order valence-corrected chi connectivity index (χ3v) is 5.99. The average molecular weight is 296 g/mol. The first-order valence-electron chi connectivity index (χ1n) is 6.30. The first kappa shape index (κ1) is 10.9. The van der Waals surface area contributed by atoms with E-state index >= 15 is 0 Å². The van der Waals surface area contributed by atoms with E-state index in [0.29, 0.717) is 0 Å². The third kappa shape index (κ3) is 1.33. The van der Waals surface area contributed by atoms with Crippen molar-refractivity contribution in [3.63, 3.8) is 0 Å². The number of fused-ring (bicyclic) bond motifs is 7. The number of benzene rings is 2. The third-order valence-electron chi connectivity index (χ3n) is 3.51. The highest BCUT2D eigenvalue weighted by molar-refractivity contribution is 8.77. The van der Waals surface area contributed by atoms with Gasteiger partial charge in [-0.05, 0) is 45.9 Å². The monoisotopic (exact) mass is 296 g/mol. The predicted octanol–water partition coefficient (Wildman–Crippen LogP) is 5.96. The molecule has 0 fully saturated rings. The van der Waals surface area contributed by atoms with Gasteiger partial charge in [-0.3, -0.25) is 0 Å². The Labute approximate surface area is 122 Å². The van der Waals surface area contributed by atoms with Crippen LogP contribution in [-0.2, 0) is 0 Å². The molecule has 0 amide bonds. The van der Waals surface area contributed by atoms with E-state index in [-0.39, 0.29) is 0 Å². The van der Waals surface area contributed by atoms with Crippen LogP contribution in [0.1, 0.15) is 0 Å². The lowest BCUT2D eigenvalue weighted by Gasteiger charge is -2.07.